The fourth-order valence-corrected chi connectivity index (χ4v) is 4.77. The van der Waals surface area contributed by atoms with Gasteiger partial charge in [0.15, 0.2) is 5.11 Å². The van der Waals surface area contributed by atoms with Crippen molar-refractivity contribution >= 4 is 28.9 Å². The van der Waals surface area contributed by atoms with Crippen molar-refractivity contribution in [2.75, 3.05) is 11.9 Å². The number of thiocarbonyl (C=S) groups is 1. The van der Waals surface area contributed by atoms with Crippen molar-refractivity contribution in [3.63, 3.8) is 0 Å². The van der Waals surface area contributed by atoms with Crippen LogP contribution >= 0.6 is 12.2 Å². The highest BCUT2D eigenvalue weighted by molar-refractivity contribution is 7.80. The van der Waals surface area contributed by atoms with Gasteiger partial charge in [0.05, 0.1) is 17.8 Å². The highest BCUT2D eigenvalue weighted by Gasteiger charge is 2.42. The van der Waals surface area contributed by atoms with Crippen LogP contribution in [0.15, 0.2) is 97.3 Å². The number of pyridine rings is 1. The molecule has 2 N–H and O–H groups in total. The van der Waals surface area contributed by atoms with Crippen LogP contribution in [0, 0.1) is 6.92 Å². The maximum Gasteiger partial charge on any atom is 0.244 e. The minimum Gasteiger partial charge on any atom is -0.352 e. The smallest absolute Gasteiger partial charge is 0.244 e. The van der Waals surface area contributed by atoms with E-state index >= 15 is 0 Å². The van der Waals surface area contributed by atoms with E-state index in [1.54, 1.807) is 6.20 Å². The van der Waals surface area contributed by atoms with Crippen LogP contribution < -0.4 is 10.6 Å². The summed E-state index contributed by atoms with van der Waals surface area (Å²) in [7, 11) is 0. The Morgan fingerprint density at radius 2 is 1.76 bits per heavy atom. The molecule has 0 saturated carbocycles. The molecule has 34 heavy (non-hydrogen) atoms. The molecule has 1 aliphatic heterocycles. The maximum atomic E-state index is 13.0. The molecule has 0 spiro atoms. The molecule has 2 atom stereocenters. The van der Waals surface area contributed by atoms with Gasteiger partial charge >= 0.3 is 0 Å². The second kappa shape index (κ2) is 9.49. The molecule has 0 aliphatic carbocycles. The molecule has 7 heteroatoms. The molecule has 1 fully saturated rings. The summed E-state index contributed by atoms with van der Waals surface area (Å²) in [6.45, 7) is 2.21. The van der Waals surface area contributed by atoms with Crippen LogP contribution in [0.5, 0.6) is 0 Å². The van der Waals surface area contributed by atoms with Crippen molar-refractivity contribution in [1.29, 1.82) is 0 Å². The lowest BCUT2D eigenvalue weighted by Crippen LogP contribution is -2.37. The monoisotopic (exact) mass is 467 g/mol. The number of hydrogen-bond acceptors (Lipinski definition) is 3. The van der Waals surface area contributed by atoms with E-state index in [1.165, 1.54) is 0 Å². The number of benzene rings is 2. The maximum absolute atomic E-state index is 13.0. The standard InChI is InChI=1S/C27H25N5OS/c1-19-10-5-6-14-22(19)31-17-9-15-23(31)26-25(21-13-7-8-16-28-21)30-27(34)32(26)18-24(33)29-20-11-3-2-4-12-20/h2-17,25-26H,18H2,1H3,(H,29,33)(H,30,34)/t25-,26-/m0/s1. The molecular formula is C27H25N5OS. The van der Waals surface area contributed by atoms with Gasteiger partial charge in [0, 0.05) is 29.5 Å². The van der Waals surface area contributed by atoms with Gasteiger partial charge in [0.25, 0.3) is 0 Å². The molecule has 1 amide bonds. The summed E-state index contributed by atoms with van der Waals surface area (Å²) >= 11 is 5.74. The number of carbonyl (C=O) groups excluding carboxylic acids is 1. The van der Waals surface area contributed by atoms with Crippen molar-refractivity contribution < 1.29 is 4.79 Å². The van der Waals surface area contributed by atoms with E-state index in [0.29, 0.717) is 5.11 Å². The average molecular weight is 468 g/mol. The van der Waals surface area contributed by atoms with Gasteiger partial charge in [-0.1, -0.05) is 42.5 Å². The third-order valence-electron chi connectivity index (χ3n) is 6.03. The lowest BCUT2D eigenvalue weighted by atomic mass is 10.0. The van der Waals surface area contributed by atoms with Crippen molar-refractivity contribution in [2.24, 2.45) is 0 Å². The third kappa shape index (κ3) is 4.30. The van der Waals surface area contributed by atoms with Gasteiger partial charge in [0.1, 0.15) is 6.54 Å². The second-order valence-corrected chi connectivity index (χ2v) is 8.64. The summed E-state index contributed by atoms with van der Waals surface area (Å²) in [5, 5.41) is 6.93. The normalized spacial score (nSPS) is 17.4. The number of aryl methyl sites for hydroxylation is 1. The lowest BCUT2D eigenvalue weighted by molar-refractivity contribution is -0.116. The van der Waals surface area contributed by atoms with Crippen LogP contribution in [-0.2, 0) is 4.79 Å². The number of anilines is 1. The molecule has 2 aromatic heterocycles. The molecule has 1 aliphatic rings. The van der Waals surface area contributed by atoms with Gasteiger partial charge in [0.2, 0.25) is 5.91 Å². The van der Waals surface area contributed by atoms with Crippen molar-refractivity contribution in [2.45, 2.75) is 19.0 Å². The predicted molar refractivity (Wildman–Crippen MR) is 138 cm³/mol. The first-order valence-electron chi connectivity index (χ1n) is 11.2. The first-order valence-corrected chi connectivity index (χ1v) is 11.6. The van der Waals surface area contributed by atoms with E-state index in [0.717, 1.165) is 28.3 Å². The Balaban J connectivity index is 1.53. The highest BCUT2D eigenvalue weighted by Crippen LogP contribution is 2.39. The number of rotatable bonds is 6. The van der Waals surface area contributed by atoms with Gasteiger partial charge in [-0.2, -0.15) is 0 Å². The lowest BCUT2D eigenvalue weighted by Gasteiger charge is -2.28. The molecule has 5 rings (SSSR count). The Morgan fingerprint density at radius 3 is 2.53 bits per heavy atom. The molecule has 170 valence electrons. The molecule has 2 aromatic carbocycles. The van der Waals surface area contributed by atoms with Crippen LogP contribution in [0.2, 0.25) is 0 Å². The minimum atomic E-state index is -0.224. The van der Waals surface area contributed by atoms with Crippen LogP contribution in [0.3, 0.4) is 0 Å². The van der Waals surface area contributed by atoms with E-state index in [1.807, 2.05) is 71.6 Å². The van der Waals surface area contributed by atoms with Crippen molar-refractivity contribution in [1.82, 2.24) is 19.8 Å². The number of aromatic nitrogens is 2. The average Bonchev–Trinajstić information content (AvgIpc) is 3.45. The van der Waals surface area contributed by atoms with Crippen LogP contribution in [0.1, 0.15) is 29.0 Å². The van der Waals surface area contributed by atoms with Gasteiger partial charge in [-0.05, 0) is 67.2 Å². The molecule has 0 radical (unpaired) electrons. The second-order valence-electron chi connectivity index (χ2n) is 8.26. The Labute approximate surface area is 204 Å². The van der Waals surface area contributed by atoms with E-state index in [2.05, 4.69) is 51.5 Å². The van der Waals surface area contributed by atoms with Crippen LogP contribution in [-0.4, -0.2) is 32.0 Å². The quantitative estimate of drug-likeness (QED) is 0.399. The number of para-hydroxylation sites is 2. The van der Waals surface area contributed by atoms with Crippen LogP contribution in [0.25, 0.3) is 5.69 Å². The number of nitrogens with one attached hydrogen (secondary N) is 2. The fourth-order valence-electron chi connectivity index (χ4n) is 4.46. The van der Waals surface area contributed by atoms with E-state index in [9.17, 15) is 4.79 Å². The molecule has 4 aromatic rings. The zero-order valence-corrected chi connectivity index (χ0v) is 19.6. The molecule has 0 unspecified atom stereocenters. The molecule has 0 bridgehead atoms. The molecule has 3 heterocycles. The summed E-state index contributed by atoms with van der Waals surface area (Å²) in [5.41, 5.74) is 4.92. The summed E-state index contributed by atoms with van der Waals surface area (Å²) in [4.78, 5) is 19.6. The summed E-state index contributed by atoms with van der Waals surface area (Å²) in [5.74, 6) is -0.129. The van der Waals surface area contributed by atoms with Gasteiger partial charge < -0.3 is 20.1 Å². The van der Waals surface area contributed by atoms with Gasteiger partial charge in [-0.3, -0.25) is 9.78 Å². The van der Waals surface area contributed by atoms with E-state index in [4.69, 9.17) is 12.2 Å². The van der Waals surface area contributed by atoms with Gasteiger partial charge in [-0.25, -0.2) is 0 Å². The first-order chi connectivity index (χ1) is 16.6. The highest BCUT2D eigenvalue weighted by atomic mass is 32.1. The van der Waals surface area contributed by atoms with E-state index < -0.39 is 0 Å². The number of hydrogen-bond donors (Lipinski definition) is 2. The summed E-state index contributed by atoms with van der Waals surface area (Å²) < 4.78 is 2.17. The first kappa shape index (κ1) is 21.9. The summed E-state index contributed by atoms with van der Waals surface area (Å²) in [6.07, 6.45) is 3.83. The zero-order chi connectivity index (χ0) is 23.5. The molecular weight excluding hydrogens is 442 g/mol. The molecule has 6 nitrogen and oxygen atoms in total. The third-order valence-corrected chi connectivity index (χ3v) is 6.38. The Hall–Kier alpha value is -3.97. The topological polar surface area (TPSA) is 62.2 Å². The number of nitrogens with zero attached hydrogens (tertiary/aromatic N) is 3. The number of amides is 1. The Bertz CT molecular complexity index is 1300. The van der Waals surface area contributed by atoms with E-state index in [-0.39, 0.29) is 24.5 Å². The zero-order valence-electron chi connectivity index (χ0n) is 18.8. The molecule has 1 saturated heterocycles. The SMILES string of the molecule is Cc1ccccc1-n1cccc1[C@H]1[C@H](c2ccccn2)NC(=S)N1CC(=O)Nc1ccccc1. The van der Waals surface area contributed by atoms with Crippen LogP contribution in [0.4, 0.5) is 5.69 Å². The minimum absolute atomic E-state index is 0.119. The Kier molecular flexibility index (Phi) is 6.10. The largest absolute Gasteiger partial charge is 0.352 e. The van der Waals surface area contributed by atoms with Crippen molar-refractivity contribution in [3.05, 3.63) is 114 Å². The predicted octanol–water partition coefficient (Wildman–Crippen LogP) is 4.79. The Morgan fingerprint density at radius 1 is 1.00 bits per heavy atom. The fraction of sp³-hybridized carbons (Fsp3) is 0.148. The van der Waals surface area contributed by atoms with Gasteiger partial charge in [-0.15, -0.1) is 0 Å². The number of carbonyl (C=O) groups is 1. The summed E-state index contributed by atoms with van der Waals surface area (Å²) in [6, 6.07) is 27.3. The van der Waals surface area contributed by atoms with Crippen molar-refractivity contribution in [3.8, 4) is 5.69 Å².